The van der Waals surface area contributed by atoms with Crippen molar-refractivity contribution in [2.24, 2.45) is 10.9 Å². The molecule has 0 unspecified atom stereocenters. The number of ether oxygens (including phenoxy) is 3. The summed E-state index contributed by atoms with van der Waals surface area (Å²) in [6.07, 6.45) is 3.21. The summed E-state index contributed by atoms with van der Waals surface area (Å²) in [6.45, 7) is 11.8. The lowest BCUT2D eigenvalue weighted by atomic mass is 10.0. The van der Waals surface area contributed by atoms with Crippen LogP contribution in [0.25, 0.3) is 0 Å². The van der Waals surface area contributed by atoms with Crippen LogP contribution in [-0.4, -0.2) is 51.6 Å². The Morgan fingerprint density at radius 3 is 2.60 bits per heavy atom. The van der Waals surface area contributed by atoms with E-state index in [1.807, 2.05) is 0 Å². The standard InChI is InChI=1S/C23H39N3O3.HI/c1-23(2,3)29-18-21-8-5-7-20(15-21)16-26-22(24-4)25-11-6-12-28-17-19-9-13-27-14-10-19;/h5,7-8,15,19H,6,9-14,16-18H2,1-4H3,(H2,24,25,26);1H. The SMILES string of the molecule is CN=C(NCCCOCC1CCOCC1)NCc1cccc(COC(C)(C)C)c1.I. The molecule has 1 aliphatic rings. The first kappa shape index (κ1) is 27.1. The van der Waals surface area contributed by atoms with Crippen molar-refractivity contribution in [1.82, 2.24) is 10.6 Å². The molecule has 0 bridgehead atoms. The molecule has 0 saturated carbocycles. The van der Waals surface area contributed by atoms with Gasteiger partial charge in [-0.15, -0.1) is 24.0 Å². The largest absolute Gasteiger partial charge is 0.381 e. The number of halogens is 1. The number of rotatable bonds is 10. The molecule has 1 aromatic rings. The second kappa shape index (κ2) is 15.0. The summed E-state index contributed by atoms with van der Waals surface area (Å²) < 4.78 is 17.1. The summed E-state index contributed by atoms with van der Waals surface area (Å²) in [7, 11) is 1.80. The highest BCUT2D eigenvalue weighted by Gasteiger charge is 2.13. The van der Waals surface area contributed by atoms with Gasteiger partial charge in [-0.3, -0.25) is 4.99 Å². The van der Waals surface area contributed by atoms with Crippen LogP contribution in [0.4, 0.5) is 0 Å². The first-order valence-corrected chi connectivity index (χ1v) is 10.8. The number of nitrogens with one attached hydrogen (secondary N) is 2. The molecule has 0 spiro atoms. The van der Waals surface area contributed by atoms with Crippen molar-refractivity contribution < 1.29 is 14.2 Å². The van der Waals surface area contributed by atoms with E-state index in [4.69, 9.17) is 14.2 Å². The van der Waals surface area contributed by atoms with Crippen molar-refractivity contribution in [3.63, 3.8) is 0 Å². The molecule has 1 heterocycles. The van der Waals surface area contributed by atoms with Crippen LogP contribution < -0.4 is 10.6 Å². The number of hydrogen-bond donors (Lipinski definition) is 2. The smallest absolute Gasteiger partial charge is 0.191 e. The lowest BCUT2D eigenvalue weighted by molar-refractivity contribution is -0.0149. The Balaban J connectivity index is 0.00000450. The van der Waals surface area contributed by atoms with E-state index in [-0.39, 0.29) is 29.6 Å². The zero-order chi connectivity index (χ0) is 21.0. The molecule has 7 heteroatoms. The summed E-state index contributed by atoms with van der Waals surface area (Å²) in [4.78, 5) is 4.30. The van der Waals surface area contributed by atoms with Crippen molar-refractivity contribution in [3.8, 4) is 0 Å². The van der Waals surface area contributed by atoms with Crippen LogP contribution >= 0.6 is 24.0 Å². The fourth-order valence-corrected chi connectivity index (χ4v) is 3.08. The lowest BCUT2D eigenvalue weighted by Gasteiger charge is -2.21. The second-order valence-corrected chi connectivity index (χ2v) is 8.56. The molecule has 1 aromatic carbocycles. The van der Waals surface area contributed by atoms with Gasteiger partial charge in [-0.1, -0.05) is 24.3 Å². The van der Waals surface area contributed by atoms with Crippen molar-refractivity contribution in [1.29, 1.82) is 0 Å². The summed E-state index contributed by atoms with van der Waals surface area (Å²) in [5.74, 6) is 1.47. The number of nitrogens with zero attached hydrogens (tertiary/aromatic N) is 1. The molecular formula is C23H40IN3O3. The molecule has 0 aromatic heterocycles. The van der Waals surface area contributed by atoms with Gasteiger partial charge in [-0.2, -0.15) is 0 Å². The van der Waals surface area contributed by atoms with Gasteiger partial charge in [0.05, 0.1) is 12.2 Å². The molecule has 1 saturated heterocycles. The van der Waals surface area contributed by atoms with E-state index in [2.05, 4.69) is 60.7 Å². The highest BCUT2D eigenvalue weighted by Crippen LogP contribution is 2.15. The Labute approximate surface area is 199 Å². The number of guanidine groups is 1. The summed E-state index contributed by atoms with van der Waals surface area (Å²) in [5.41, 5.74) is 2.26. The highest BCUT2D eigenvalue weighted by atomic mass is 127. The van der Waals surface area contributed by atoms with Crippen LogP contribution in [0.2, 0.25) is 0 Å². The predicted octanol–water partition coefficient (Wildman–Crippen LogP) is 4.12. The maximum atomic E-state index is 5.87. The van der Waals surface area contributed by atoms with Gasteiger partial charge < -0.3 is 24.8 Å². The van der Waals surface area contributed by atoms with Crippen LogP contribution in [0.5, 0.6) is 0 Å². The molecular weight excluding hydrogens is 493 g/mol. The Kier molecular flexibility index (Phi) is 13.6. The molecule has 0 radical (unpaired) electrons. The van der Waals surface area contributed by atoms with Gasteiger partial charge in [0.25, 0.3) is 0 Å². The van der Waals surface area contributed by atoms with E-state index < -0.39 is 0 Å². The quantitative estimate of drug-likeness (QED) is 0.205. The number of hydrogen-bond acceptors (Lipinski definition) is 4. The average molecular weight is 533 g/mol. The summed E-state index contributed by atoms with van der Waals surface area (Å²) in [5, 5.41) is 6.72. The van der Waals surface area contributed by atoms with Gasteiger partial charge in [0.1, 0.15) is 0 Å². The minimum absolute atomic E-state index is 0. The number of aliphatic imine (C=N–C) groups is 1. The summed E-state index contributed by atoms with van der Waals surface area (Å²) in [6, 6.07) is 8.47. The predicted molar refractivity (Wildman–Crippen MR) is 134 cm³/mol. The fourth-order valence-electron chi connectivity index (χ4n) is 3.08. The van der Waals surface area contributed by atoms with E-state index in [9.17, 15) is 0 Å². The number of benzene rings is 1. The average Bonchev–Trinajstić information content (AvgIpc) is 2.72. The van der Waals surface area contributed by atoms with Crippen LogP contribution in [0.15, 0.2) is 29.3 Å². The van der Waals surface area contributed by atoms with E-state index in [0.717, 1.165) is 64.7 Å². The molecule has 6 nitrogen and oxygen atoms in total. The maximum Gasteiger partial charge on any atom is 0.191 e. The van der Waals surface area contributed by atoms with E-state index >= 15 is 0 Å². The third kappa shape index (κ3) is 12.1. The van der Waals surface area contributed by atoms with Gasteiger partial charge in [-0.05, 0) is 57.1 Å². The Bertz CT molecular complexity index is 614. The summed E-state index contributed by atoms with van der Waals surface area (Å²) >= 11 is 0. The van der Waals surface area contributed by atoms with Crippen molar-refractivity contribution in [2.75, 3.05) is 40.0 Å². The van der Waals surface area contributed by atoms with Crippen molar-refractivity contribution in [2.45, 2.75) is 58.8 Å². The second-order valence-electron chi connectivity index (χ2n) is 8.56. The molecule has 1 fully saturated rings. The van der Waals surface area contributed by atoms with Gasteiger partial charge in [0, 0.05) is 46.6 Å². The van der Waals surface area contributed by atoms with E-state index in [1.54, 1.807) is 7.05 Å². The topological polar surface area (TPSA) is 64.1 Å². The minimum Gasteiger partial charge on any atom is -0.381 e. The first-order valence-electron chi connectivity index (χ1n) is 10.8. The monoisotopic (exact) mass is 533 g/mol. The third-order valence-electron chi connectivity index (χ3n) is 4.80. The van der Waals surface area contributed by atoms with Gasteiger partial charge >= 0.3 is 0 Å². The molecule has 1 aliphatic heterocycles. The Morgan fingerprint density at radius 1 is 1.17 bits per heavy atom. The molecule has 2 N–H and O–H groups in total. The highest BCUT2D eigenvalue weighted by molar-refractivity contribution is 14.0. The molecule has 0 atom stereocenters. The van der Waals surface area contributed by atoms with E-state index in [1.165, 1.54) is 11.1 Å². The van der Waals surface area contributed by atoms with Gasteiger partial charge in [-0.25, -0.2) is 0 Å². The van der Waals surface area contributed by atoms with Crippen LogP contribution in [-0.2, 0) is 27.4 Å². The van der Waals surface area contributed by atoms with Crippen LogP contribution in [0.3, 0.4) is 0 Å². The Morgan fingerprint density at radius 2 is 1.90 bits per heavy atom. The third-order valence-corrected chi connectivity index (χ3v) is 4.80. The van der Waals surface area contributed by atoms with Crippen LogP contribution in [0.1, 0.15) is 51.2 Å². The van der Waals surface area contributed by atoms with E-state index in [0.29, 0.717) is 12.5 Å². The zero-order valence-corrected chi connectivity index (χ0v) is 21.4. The molecule has 0 amide bonds. The first-order chi connectivity index (χ1) is 14.0. The minimum atomic E-state index is -0.130. The zero-order valence-electron chi connectivity index (χ0n) is 19.0. The lowest BCUT2D eigenvalue weighted by Crippen LogP contribution is -2.37. The van der Waals surface area contributed by atoms with Crippen molar-refractivity contribution >= 4 is 29.9 Å². The molecule has 2 rings (SSSR count). The van der Waals surface area contributed by atoms with Gasteiger partial charge in [0.2, 0.25) is 0 Å². The Hall–Kier alpha value is -0.900. The molecule has 172 valence electrons. The normalized spacial score (nSPS) is 15.5. The van der Waals surface area contributed by atoms with Crippen molar-refractivity contribution in [3.05, 3.63) is 35.4 Å². The molecule has 30 heavy (non-hydrogen) atoms. The fraction of sp³-hybridized carbons (Fsp3) is 0.696. The maximum absolute atomic E-state index is 5.87. The van der Waals surface area contributed by atoms with Gasteiger partial charge in [0.15, 0.2) is 5.96 Å². The van der Waals surface area contributed by atoms with Crippen LogP contribution in [0, 0.1) is 5.92 Å². The molecule has 0 aliphatic carbocycles.